The van der Waals surface area contributed by atoms with Crippen LogP contribution in [0.15, 0.2) is 22.7 Å². The van der Waals surface area contributed by atoms with Crippen LogP contribution in [0.5, 0.6) is 0 Å². The molecule has 2 aliphatic rings. The molecule has 0 radical (unpaired) electrons. The Kier molecular flexibility index (Phi) is 4.57. The van der Waals surface area contributed by atoms with Crippen LogP contribution in [0, 0.1) is 10.1 Å². The van der Waals surface area contributed by atoms with E-state index >= 15 is 0 Å². The third-order valence-corrected chi connectivity index (χ3v) is 5.11. The standard InChI is InChI=1S/C15H19BrN2O3/c16-12-6-5-11(9-14(12)18(19)20)10-17-7-8-21-15-4-2-1-3-13(15)17/h5-6,9,13,15H,1-4,7-8,10H2. The van der Waals surface area contributed by atoms with Gasteiger partial charge in [-0.15, -0.1) is 0 Å². The van der Waals surface area contributed by atoms with Crippen LogP contribution in [-0.2, 0) is 11.3 Å². The molecule has 5 nitrogen and oxygen atoms in total. The summed E-state index contributed by atoms with van der Waals surface area (Å²) in [5.41, 5.74) is 1.14. The highest BCUT2D eigenvalue weighted by Crippen LogP contribution is 2.31. The van der Waals surface area contributed by atoms with Crippen LogP contribution in [-0.4, -0.2) is 35.1 Å². The van der Waals surface area contributed by atoms with E-state index in [1.54, 1.807) is 12.1 Å². The van der Waals surface area contributed by atoms with Crippen LogP contribution in [0.3, 0.4) is 0 Å². The fourth-order valence-corrected chi connectivity index (χ4v) is 3.80. The Bertz CT molecular complexity index is 536. The van der Waals surface area contributed by atoms with Gasteiger partial charge in [0.2, 0.25) is 0 Å². The van der Waals surface area contributed by atoms with Gasteiger partial charge in [0.25, 0.3) is 5.69 Å². The van der Waals surface area contributed by atoms with E-state index in [-0.39, 0.29) is 10.6 Å². The minimum atomic E-state index is -0.337. The zero-order valence-corrected chi connectivity index (χ0v) is 13.4. The average Bonchev–Trinajstić information content (AvgIpc) is 2.49. The minimum Gasteiger partial charge on any atom is -0.375 e. The second-order valence-corrected chi connectivity index (χ2v) is 6.63. The number of rotatable bonds is 3. The molecular weight excluding hydrogens is 336 g/mol. The maximum atomic E-state index is 11.0. The van der Waals surface area contributed by atoms with Crippen molar-refractivity contribution in [1.82, 2.24) is 4.90 Å². The Labute approximate surface area is 132 Å². The molecule has 114 valence electrons. The van der Waals surface area contributed by atoms with E-state index in [0.29, 0.717) is 16.6 Å². The molecule has 1 aromatic rings. The van der Waals surface area contributed by atoms with E-state index in [2.05, 4.69) is 20.8 Å². The lowest BCUT2D eigenvalue weighted by Gasteiger charge is -2.43. The maximum absolute atomic E-state index is 11.0. The summed E-state index contributed by atoms with van der Waals surface area (Å²) in [4.78, 5) is 13.1. The van der Waals surface area contributed by atoms with Crippen molar-refractivity contribution in [2.75, 3.05) is 13.2 Å². The molecule has 2 fully saturated rings. The number of fused-ring (bicyclic) bond motifs is 1. The summed E-state index contributed by atoms with van der Waals surface area (Å²) >= 11 is 3.24. The molecule has 0 N–H and O–H groups in total. The van der Waals surface area contributed by atoms with E-state index in [0.717, 1.165) is 31.7 Å². The zero-order chi connectivity index (χ0) is 14.8. The van der Waals surface area contributed by atoms with Crippen molar-refractivity contribution in [3.8, 4) is 0 Å². The van der Waals surface area contributed by atoms with Gasteiger partial charge in [-0.25, -0.2) is 0 Å². The van der Waals surface area contributed by atoms with Gasteiger partial charge >= 0.3 is 0 Å². The summed E-state index contributed by atoms with van der Waals surface area (Å²) in [6, 6.07) is 5.88. The molecule has 0 bridgehead atoms. The number of ether oxygens (including phenoxy) is 1. The molecule has 3 rings (SSSR count). The van der Waals surface area contributed by atoms with Crippen LogP contribution in [0.2, 0.25) is 0 Å². The lowest BCUT2D eigenvalue weighted by Crippen LogP contribution is -2.52. The first-order valence-electron chi connectivity index (χ1n) is 7.43. The lowest BCUT2D eigenvalue weighted by molar-refractivity contribution is -0.385. The predicted octanol–water partition coefficient (Wildman–Crippen LogP) is 3.50. The normalized spacial score (nSPS) is 26.3. The molecule has 1 aliphatic carbocycles. The number of nitrogens with zero attached hydrogens (tertiary/aromatic N) is 2. The van der Waals surface area contributed by atoms with Crippen LogP contribution in [0.25, 0.3) is 0 Å². The molecular formula is C15H19BrN2O3. The third kappa shape index (κ3) is 3.27. The maximum Gasteiger partial charge on any atom is 0.283 e. The topological polar surface area (TPSA) is 55.6 Å². The number of morpholine rings is 1. The van der Waals surface area contributed by atoms with Gasteiger partial charge in [-0.05, 0) is 40.4 Å². The van der Waals surface area contributed by atoms with Gasteiger partial charge in [-0.3, -0.25) is 15.0 Å². The Morgan fingerprint density at radius 2 is 2.19 bits per heavy atom. The monoisotopic (exact) mass is 354 g/mol. The van der Waals surface area contributed by atoms with Crippen molar-refractivity contribution in [2.45, 2.75) is 44.4 Å². The molecule has 1 heterocycles. The molecule has 1 saturated carbocycles. The average molecular weight is 355 g/mol. The van der Waals surface area contributed by atoms with Crippen LogP contribution < -0.4 is 0 Å². The second kappa shape index (κ2) is 6.42. The first kappa shape index (κ1) is 14.9. The van der Waals surface area contributed by atoms with Gasteiger partial charge in [0.05, 0.1) is 22.1 Å². The molecule has 2 unspecified atom stereocenters. The largest absolute Gasteiger partial charge is 0.375 e. The van der Waals surface area contributed by atoms with Gasteiger partial charge in [-0.1, -0.05) is 18.9 Å². The van der Waals surface area contributed by atoms with Crippen molar-refractivity contribution < 1.29 is 9.66 Å². The van der Waals surface area contributed by atoms with Crippen molar-refractivity contribution in [3.63, 3.8) is 0 Å². The highest BCUT2D eigenvalue weighted by molar-refractivity contribution is 9.10. The quantitative estimate of drug-likeness (QED) is 0.615. The Balaban J connectivity index is 1.76. The Hall–Kier alpha value is -0.980. The number of nitro benzene ring substituents is 1. The number of hydrogen-bond acceptors (Lipinski definition) is 4. The molecule has 1 aromatic carbocycles. The zero-order valence-electron chi connectivity index (χ0n) is 11.8. The summed E-state index contributed by atoms with van der Waals surface area (Å²) in [5, 5.41) is 11.0. The minimum absolute atomic E-state index is 0.140. The van der Waals surface area contributed by atoms with Gasteiger partial charge in [-0.2, -0.15) is 0 Å². The summed E-state index contributed by atoms with van der Waals surface area (Å²) in [7, 11) is 0. The lowest BCUT2D eigenvalue weighted by atomic mass is 9.90. The summed E-state index contributed by atoms with van der Waals surface area (Å²) in [6.07, 6.45) is 5.16. The molecule has 0 aromatic heterocycles. The first-order chi connectivity index (χ1) is 10.1. The number of nitro groups is 1. The smallest absolute Gasteiger partial charge is 0.283 e. The molecule has 1 aliphatic heterocycles. The van der Waals surface area contributed by atoms with E-state index in [9.17, 15) is 10.1 Å². The third-order valence-electron chi connectivity index (χ3n) is 4.44. The van der Waals surface area contributed by atoms with Crippen molar-refractivity contribution in [1.29, 1.82) is 0 Å². The van der Waals surface area contributed by atoms with E-state index in [1.165, 1.54) is 19.3 Å². The Morgan fingerprint density at radius 3 is 3.00 bits per heavy atom. The molecule has 0 amide bonds. The van der Waals surface area contributed by atoms with E-state index < -0.39 is 0 Å². The summed E-state index contributed by atoms with van der Waals surface area (Å²) in [6.45, 7) is 2.43. The highest BCUT2D eigenvalue weighted by atomic mass is 79.9. The molecule has 6 heteroatoms. The second-order valence-electron chi connectivity index (χ2n) is 5.77. The van der Waals surface area contributed by atoms with E-state index in [4.69, 9.17) is 4.74 Å². The van der Waals surface area contributed by atoms with Crippen LogP contribution >= 0.6 is 15.9 Å². The first-order valence-corrected chi connectivity index (χ1v) is 8.23. The van der Waals surface area contributed by atoms with Crippen molar-refractivity contribution in [2.24, 2.45) is 0 Å². The van der Waals surface area contributed by atoms with Gasteiger partial charge in [0.15, 0.2) is 0 Å². The number of benzene rings is 1. The molecule has 1 saturated heterocycles. The summed E-state index contributed by atoms with van der Waals surface area (Å²) < 4.78 is 6.41. The van der Waals surface area contributed by atoms with Crippen LogP contribution in [0.4, 0.5) is 5.69 Å². The Morgan fingerprint density at radius 1 is 1.38 bits per heavy atom. The molecule has 21 heavy (non-hydrogen) atoms. The van der Waals surface area contributed by atoms with Crippen LogP contribution in [0.1, 0.15) is 31.2 Å². The highest BCUT2D eigenvalue weighted by Gasteiger charge is 2.34. The van der Waals surface area contributed by atoms with Gasteiger partial charge in [0.1, 0.15) is 0 Å². The van der Waals surface area contributed by atoms with Gasteiger partial charge in [0, 0.05) is 25.2 Å². The van der Waals surface area contributed by atoms with Gasteiger partial charge < -0.3 is 4.74 Å². The fourth-order valence-electron chi connectivity index (χ4n) is 3.40. The number of halogens is 1. The van der Waals surface area contributed by atoms with Crippen molar-refractivity contribution >= 4 is 21.6 Å². The fraction of sp³-hybridized carbons (Fsp3) is 0.600. The van der Waals surface area contributed by atoms with E-state index in [1.807, 2.05) is 6.07 Å². The predicted molar refractivity (Wildman–Crippen MR) is 83.2 cm³/mol. The molecule has 0 spiro atoms. The number of hydrogen-bond donors (Lipinski definition) is 0. The SMILES string of the molecule is O=[N+]([O-])c1cc(CN2CCOC3CCCCC32)ccc1Br. The van der Waals surface area contributed by atoms with Crippen molar-refractivity contribution in [3.05, 3.63) is 38.3 Å². The summed E-state index contributed by atoms with van der Waals surface area (Å²) in [5.74, 6) is 0. The molecule has 2 atom stereocenters.